The molecule has 0 unspecified atom stereocenters. The Kier molecular flexibility index (Phi) is 2.70. The highest BCUT2D eigenvalue weighted by Gasteiger charge is 2.32. The molecule has 0 N–H and O–H groups in total. The lowest BCUT2D eigenvalue weighted by molar-refractivity contribution is 0.732. The van der Waals surface area contributed by atoms with Crippen molar-refractivity contribution in [3.05, 3.63) is 47.8 Å². The fraction of sp³-hybridized carbons (Fsp3) is 0.312. The number of hydrogen-bond donors (Lipinski definition) is 0. The first-order valence-electron chi connectivity index (χ1n) is 6.63. The number of nitrogens with zero attached hydrogens (tertiary/aromatic N) is 3. The molecule has 1 aromatic carbocycles. The van der Waals surface area contributed by atoms with Gasteiger partial charge >= 0.3 is 0 Å². The van der Waals surface area contributed by atoms with Crippen LogP contribution in [0.3, 0.4) is 0 Å². The summed E-state index contributed by atoms with van der Waals surface area (Å²) < 4.78 is 0. The number of aryl methyl sites for hydroxylation is 1. The number of benzene rings is 1. The third-order valence-corrected chi connectivity index (χ3v) is 4.19. The second kappa shape index (κ2) is 4.26. The summed E-state index contributed by atoms with van der Waals surface area (Å²) in [6.07, 6.45) is 4.11. The Bertz CT molecular complexity index is 621. The van der Waals surface area contributed by atoms with Gasteiger partial charge in [-0.05, 0) is 44.0 Å². The van der Waals surface area contributed by atoms with Crippen molar-refractivity contribution in [2.24, 2.45) is 0 Å². The SMILES string of the molecule is Cc1cccc(N2c3ccncc3N(C)[C@@H]2C)c1C. The minimum Gasteiger partial charge on any atom is -0.351 e. The third kappa shape index (κ3) is 1.69. The highest BCUT2D eigenvalue weighted by atomic mass is 15.4. The van der Waals surface area contributed by atoms with Crippen LogP contribution in [0.1, 0.15) is 18.1 Å². The topological polar surface area (TPSA) is 19.4 Å². The molecule has 19 heavy (non-hydrogen) atoms. The second-order valence-corrected chi connectivity index (χ2v) is 5.20. The van der Waals surface area contributed by atoms with Gasteiger partial charge in [0.1, 0.15) is 6.17 Å². The summed E-state index contributed by atoms with van der Waals surface area (Å²) in [6.45, 7) is 6.58. The van der Waals surface area contributed by atoms with E-state index in [0.29, 0.717) is 6.17 Å². The number of pyridine rings is 1. The Labute approximate surface area is 114 Å². The average molecular weight is 253 g/mol. The molecule has 0 radical (unpaired) electrons. The Morgan fingerprint density at radius 1 is 1.05 bits per heavy atom. The van der Waals surface area contributed by atoms with E-state index in [1.54, 1.807) is 0 Å². The Balaban J connectivity index is 2.18. The second-order valence-electron chi connectivity index (χ2n) is 5.20. The zero-order chi connectivity index (χ0) is 13.6. The molecule has 1 aromatic heterocycles. The summed E-state index contributed by atoms with van der Waals surface area (Å²) in [6, 6.07) is 8.58. The van der Waals surface area contributed by atoms with Crippen LogP contribution in [0.5, 0.6) is 0 Å². The molecule has 1 aliphatic heterocycles. The molecule has 0 bridgehead atoms. The zero-order valence-electron chi connectivity index (χ0n) is 11.9. The molecule has 3 heteroatoms. The molecule has 0 saturated carbocycles. The van der Waals surface area contributed by atoms with E-state index in [1.807, 2.05) is 12.4 Å². The highest BCUT2D eigenvalue weighted by molar-refractivity contribution is 5.83. The molecule has 1 atom stereocenters. The van der Waals surface area contributed by atoms with Gasteiger partial charge in [0.05, 0.1) is 17.6 Å². The van der Waals surface area contributed by atoms with E-state index in [2.05, 4.69) is 66.9 Å². The third-order valence-electron chi connectivity index (χ3n) is 4.19. The van der Waals surface area contributed by atoms with Crippen molar-refractivity contribution in [2.45, 2.75) is 26.9 Å². The van der Waals surface area contributed by atoms with Gasteiger partial charge in [0.15, 0.2) is 0 Å². The maximum absolute atomic E-state index is 4.24. The fourth-order valence-corrected chi connectivity index (χ4v) is 2.76. The maximum Gasteiger partial charge on any atom is 0.103 e. The smallest absolute Gasteiger partial charge is 0.103 e. The van der Waals surface area contributed by atoms with E-state index in [9.17, 15) is 0 Å². The summed E-state index contributed by atoms with van der Waals surface area (Å²) in [4.78, 5) is 8.90. The van der Waals surface area contributed by atoms with Crippen LogP contribution in [0.4, 0.5) is 17.1 Å². The molecule has 1 aliphatic rings. The molecular formula is C16H19N3. The normalized spacial score (nSPS) is 17.8. The molecule has 0 spiro atoms. The van der Waals surface area contributed by atoms with Gasteiger partial charge in [-0.2, -0.15) is 0 Å². The molecule has 2 heterocycles. The minimum absolute atomic E-state index is 0.305. The van der Waals surface area contributed by atoms with Crippen LogP contribution >= 0.6 is 0 Å². The monoisotopic (exact) mass is 253 g/mol. The van der Waals surface area contributed by atoms with Crippen LogP contribution in [-0.4, -0.2) is 18.2 Å². The summed E-state index contributed by atoms with van der Waals surface area (Å²) >= 11 is 0. The number of hydrogen-bond acceptors (Lipinski definition) is 3. The van der Waals surface area contributed by atoms with E-state index in [4.69, 9.17) is 0 Å². The van der Waals surface area contributed by atoms with Crippen molar-refractivity contribution in [1.82, 2.24) is 4.98 Å². The number of anilines is 3. The first kappa shape index (κ1) is 12.0. The average Bonchev–Trinajstić information content (AvgIpc) is 2.67. The van der Waals surface area contributed by atoms with Crippen molar-refractivity contribution < 1.29 is 0 Å². The summed E-state index contributed by atoms with van der Waals surface area (Å²) in [5.74, 6) is 0. The van der Waals surface area contributed by atoms with Crippen LogP contribution in [0, 0.1) is 13.8 Å². The van der Waals surface area contributed by atoms with Crippen molar-refractivity contribution in [1.29, 1.82) is 0 Å². The van der Waals surface area contributed by atoms with Gasteiger partial charge in [-0.1, -0.05) is 12.1 Å². The Morgan fingerprint density at radius 2 is 1.84 bits per heavy atom. The molecule has 0 fully saturated rings. The molecule has 0 amide bonds. The lowest BCUT2D eigenvalue weighted by Gasteiger charge is -2.29. The van der Waals surface area contributed by atoms with Gasteiger partial charge in [0.2, 0.25) is 0 Å². The Hall–Kier alpha value is -2.03. The lowest BCUT2D eigenvalue weighted by Crippen LogP contribution is -2.35. The molecular weight excluding hydrogens is 234 g/mol. The van der Waals surface area contributed by atoms with Crippen LogP contribution in [0.15, 0.2) is 36.7 Å². The van der Waals surface area contributed by atoms with Gasteiger partial charge < -0.3 is 9.80 Å². The predicted molar refractivity (Wildman–Crippen MR) is 80.2 cm³/mol. The van der Waals surface area contributed by atoms with Crippen molar-refractivity contribution in [3.8, 4) is 0 Å². The van der Waals surface area contributed by atoms with E-state index >= 15 is 0 Å². The van der Waals surface area contributed by atoms with Crippen molar-refractivity contribution >= 4 is 17.1 Å². The quantitative estimate of drug-likeness (QED) is 0.773. The number of rotatable bonds is 1. The van der Waals surface area contributed by atoms with Gasteiger partial charge in [-0.15, -0.1) is 0 Å². The van der Waals surface area contributed by atoms with Crippen molar-refractivity contribution in [2.75, 3.05) is 16.8 Å². The number of fused-ring (bicyclic) bond motifs is 1. The lowest BCUT2D eigenvalue weighted by atomic mass is 10.1. The first-order chi connectivity index (χ1) is 9.11. The molecule has 0 saturated heterocycles. The minimum atomic E-state index is 0.305. The predicted octanol–water partition coefficient (Wildman–Crippen LogP) is 3.63. The van der Waals surface area contributed by atoms with Gasteiger partial charge in [-0.25, -0.2) is 0 Å². The maximum atomic E-state index is 4.24. The van der Waals surface area contributed by atoms with Crippen LogP contribution in [0.2, 0.25) is 0 Å². The molecule has 0 aliphatic carbocycles. The van der Waals surface area contributed by atoms with Crippen molar-refractivity contribution in [3.63, 3.8) is 0 Å². The summed E-state index contributed by atoms with van der Waals surface area (Å²) in [5, 5.41) is 0. The first-order valence-corrected chi connectivity index (χ1v) is 6.63. The number of aromatic nitrogens is 1. The summed E-state index contributed by atoms with van der Waals surface area (Å²) in [5.41, 5.74) is 6.38. The van der Waals surface area contributed by atoms with Crippen LogP contribution in [-0.2, 0) is 0 Å². The van der Waals surface area contributed by atoms with Gasteiger partial charge in [-0.3, -0.25) is 4.98 Å². The Morgan fingerprint density at radius 3 is 2.63 bits per heavy atom. The molecule has 3 rings (SSSR count). The van der Waals surface area contributed by atoms with E-state index in [-0.39, 0.29) is 0 Å². The van der Waals surface area contributed by atoms with E-state index in [1.165, 1.54) is 28.2 Å². The molecule has 2 aromatic rings. The molecule has 98 valence electrons. The highest BCUT2D eigenvalue weighted by Crippen LogP contribution is 2.43. The van der Waals surface area contributed by atoms with Crippen LogP contribution < -0.4 is 9.80 Å². The summed E-state index contributed by atoms with van der Waals surface area (Å²) in [7, 11) is 2.12. The van der Waals surface area contributed by atoms with Crippen LogP contribution in [0.25, 0.3) is 0 Å². The standard InChI is InChI=1S/C16H19N3/c1-11-6-5-7-14(12(11)2)19-13(3)18(4)16-10-17-9-8-15(16)19/h5-10,13H,1-4H3/t13-/m0/s1. The molecule has 3 nitrogen and oxygen atoms in total. The largest absolute Gasteiger partial charge is 0.351 e. The van der Waals surface area contributed by atoms with Gasteiger partial charge in [0, 0.05) is 18.9 Å². The van der Waals surface area contributed by atoms with Gasteiger partial charge in [0.25, 0.3) is 0 Å². The van der Waals surface area contributed by atoms with E-state index < -0.39 is 0 Å². The zero-order valence-corrected chi connectivity index (χ0v) is 11.9. The van der Waals surface area contributed by atoms with E-state index in [0.717, 1.165) is 0 Å². The fourth-order valence-electron chi connectivity index (χ4n) is 2.76.